The lowest BCUT2D eigenvalue weighted by molar-refractivity contribution is -0.115. The Morgan fingerprint density at radius 1 is 1.22 bits per heavy atom. The first-order valence-electron chi connectivity index (χ1n) is 8.16. The van der Waals surface area contributed by atoms with Crippen molar-refractivity contribution in [1.29, 1.82) is 5.26 Å². The minimum atomic E-state index is -0.382. The van der Waals surface area contributed by atoms with Gasteiger partial charge in [-0.2, -0.15) is 5.26 Å². The Hall–Kier alpha value is -3.37. The summed E-state index contributed by atoms with van der Waals surface area (Å²) in [6, 6.07) is 15.7. The van der Waals surface area contributed by atoms with Crippen LogP contribution in [0.4, 0.5) is 5.69 Å². The maximum atomic E-state index is 12.1. The van der Waals surface area contributed by atoms with Gasteiger partial charge in [0.1, 0.15) is 0 Å². The highest BCUT2D eigenvalue weighted by Crippen LogP contribution is 2.28. The molecule has 1 saturated heterocycles. The van der Waals surface area contributed by atoms with E-state index in [0.717, 1.165) is 5.56 Å². The van der Waals surface area contributed by atoms with E-state index in [0.29, 0.717) is 33.5 Å². The molecule has 7 heteroatoms. The molecule has 0 spiro atoms. The number of rotatable bonds is 4. The van der Waals surface area contributed by atoms with Gasteiger partial charge in [0.25, 0.3) is 5.91 Å². The van der Waals surface area contributed by atoms with Gasteiger partial charge in [-0.25, -0.2) is 9.79 Å². The van der Waals surface area contributed by atoms with Crippen LogP contribution in [0.5, 0.6) is 0 Å². The average Bonchev–Trinajstić information content (AvgIpc) is 3.02. The Morgan fingerprint density at radius 2 is 1.93 bits per heavy atom. The van der Waals surface area contributed by atoms with Gasteiger partial charge in [0.05, 0.1) is 34.4 Å². The van der Waals surface area contributed by atoms with Crippen LogP contribution in [-0.2, 0) is 9.53 Å². The molecule has 1 heterocycles. The van der Waals surface area contributed by atoms with E-state index < -0.39 is 0 Å². The van der Waals surface area contributed by atoms with Crippen LogP contribution in [-0.4, -0.2) is 23.7 Å². The van der Waals surface area contributed by atoms with Crippen LogP contribution in [0, 0.1) is 11.3 Å². The van der Waals surface area contributed by atoms with E-state index in [1.165, 1.54) is 11.8 Å². The lowest BCUT2D eigenvalue weighted by Crippen LogP contribution is -2.19. The van der Waals surface area contributed by atoms with E-state index in [-0.39, 0.29) is 11.9 Å². The molecule has 27 heavy (non-hydrogen) atoms. The van der Waals surface area contributed by atoms with E-state index in [9.17, 15) is 9.59 Å². The number of hydrogen-bond donors (Lipinski definition) is 1. The molecule has 134 valence electrons. The molecule has 0 unspecified atom stereocenters. The van der Waals surface area contributed by atoms with Gasteiger partial charge >= 0.3 is 5.97 Å². The second kappa shape index (κ2) is 8.34. The van der Waals surface area contributed by atoms with E-state index in [2.05, 4.69) is 16.4 Å². The molecule has 0 aliphatic carbocycles. The number of nitrogens with one attached hydrogen (secondary N) is 1. The SMILES string of the molecule is CCOC(=O)c1ccc(N=C2NC(=O)/C(=C/c3ccc(C#N)cc3)S2)cc1. The number of thioether (sulfide) groups is 1. The van der Waals surface area contributed by atoms with Gasteiger partial charge in [-0.15, -0.1) is 0 Å². The summed E-state index contributed by atoms with van der Waals surface area (Å²) in [6.07, 6.45) is 1.74. The van der Waals surface area contributed by atoms with Gasteiger partial charge in [0, 0.05) is 0 Å². The lowest BCUT2D eigenvalue weighted by atomic mass is 10.1. The number of carbonyl (C=O) groups is 2. The quantitative estimate of drug-likeness (QED) is 0.649. The van der Waals surface area contributed by atoms with Gasteiger partial charge in [-0.05, 0) is 66.7 Å². The second-order valence-electron chi connectivity index (χ2n) is 5.48. The normalized spacial score (nSPS) is 16.2. The highest BCUT2D eigenvalue weighted by molar-refractivity contribution is 8.18. The first-order chi connectivity index (χ1) is 13.1. The maximum Gasteiger partial charge on any atom is 0.338 e. The van der Waals surface area contributed by atoms with Gasteiger partial charge in [-0.1, -0.05) is 12.1 Å². The van der Waals surface area contributed by atoms with Crippen molar-refractivity contribution in [2.24, 2.45) is 4.99 Å². The van der Waals surface area contributed by atoms with Crippen LogP contribution < -0.4 is 5.32 Å². The summed E-state index contributed by atoms with van der Waals surface area (Å²) in [5.41, 5.74) is 2.46. The van der Waals surface area contributed by atoms with E-state index in [4.69, 9.17) is 10.00 Å². The van der Waals surface area contributed by atoms with Crippen molar-refractivity contribution >= 4 is 40.6 Å². The van der Waals surface area contributed by atoms with Crippen LogP contribution >= 0.6 is 11.8 Å². The highest BCUT2D eigenvalue weighted by Gasteiger charge is 2.23. The Balaban J connectivity index is 1.73. The standard InChI is InChI=1S/C20H15N3O3S/c1-2-26-19(25)15-7-9-16(10-8-15)22-20-23-18(24)17(27-20)11-13-3-5-14(12-21)6-4-13/h3-11H,2H2,1H3,(H,22,23,24)/b17-11-. The van der Waals surface area contributed by atoms with E-state index >= 15 is 0 Å². The Labute approximate surface area is 160 Å². The highest BCUT2D eigenvalue weighted by atomic mass is 32.2. The predicted octanol–water partition coefficient (Wildman–Crippen LogP) is 3.63. The van der Waals surface area contributed by atoms with Crippen LogP contribution in [0.25, 0.3) is 6.08 Å². The third-order valence-electron chi connectivity index (χ3n) is 3.60. The molecule has 1 fully saturated rings. The number of nitriles is 1. The number of amidine groups is 1. The number of esters is 1. The summed E-state index contributed by atoms with van der Waals surface area (Å²) >= 11 is 1.23. The zero-order chi connectivity index (χ0) is 19.2. The van der Waals surface area contributed by atoms with Gasteiger partial charge in [-0.3, -0.25) is 4.79 Å². The topological polar surface area (TPSA) is 91.5 Å². The fraction of sp³-hybridized carbons (Fsp3) is 0.100. The van der Waals surface area contributed by atoms with E-state index in [1.807, 2.05) is 0 Å². The van der Waals surface area contributed by atoms with Crippen molar-refractivity contribution in [2.45, 2.75) is 6.92 Å². The zero-order valence-electron chi connectivity index (χ0n) is 14.4. The fourth-order valence-corrected chi connectivity index (χ4v) is 3.13. The molecule has 1 N–H and O–H groups in total. The summed E-state index contributed by atoms with van der Waals surface area (Å²) in [4.78, 5) is 28.7. The summed E-state index contributed by atoms with van der Waals surface area (Å²) in [7, 11) is 0. The Morgan fingerprint density at radius 3 is 2.56 bits per heavy atom. The molecule has 1 amide bonds. The molecule has 3 rings (SSSR count). The molecule has 1 aliphatic rings. The van der Waals surface area contributed by atoms with Gasteiger partial charge in [0.2, 0.25) is 0 Å². The summed E-state index contributed by atoms with van der Waals surface area (Å²) in [5, 5.41) is 12.0. The van der Waals surface area contributed by atoms with Gasteiger partial charge in [0.15, 0.2) is 5.17 Å². The maximum absolute atomic E-state index is 12.1. The minimum absolute atomic E-state index is 0.230. The molecule has 2 aromatic carbocycles. The number of aliphatic imine (C=N–C) groups is 1. The second-order valence-corrected chi connectivity index (χ2v) is 6.51. The summed E-state index contributed by atoms with van der Waals surface area (Å²) in [6.45, 7) is 2.07. The lowest BCUT2D eigenvalue weighted by Gasteiger charge is -2.02. The molecule has 0 saturated carbocycles. The molecular formula is C20H15N3O3S. The summed E-state index contributed by atoms with van der Waals surface area (Å²) < 4.78 is 4.94. The summed E-state index contributed by atoms with van der Waals surface area (Å²) in [5.74, 6) is -0.612. The van der Waals surface area contributed by atoms with Crippen molar-refractivity contribution in [3.63, 3.8) is 0 Å². The molecule has 6 nitrogen and oxygen atoms in total. The van der Waals surface area contributed by atoms with Crippen molar-refractivity contribution in [2.75, 3.05) is 6.61 Å². The van der Waals surface area contributed by atoms with Gasteiger partial charge < -0.3 is 10.1 Å². The smallest absolute Gasteiger partial charge is 0.338 e. The predicted molar refractivity (Wildman–Crippen MR) is 104 cm³/mol. The Kier molecular flexibility index (Phi) is 5.69. The van der Waals surface area contributed by atoms with Crippen molar-refractivity contribution in [3.05, 3.63) is 70.1 Å². The number of nitrogens with zero attached hydrogens (tertiary/aromatic N) is 2. The molecule has 2 aromatic rings. The molecule has 0 radical (unpaired) electrons. The largest absolute Gasteiger partial charge is 0.462 e. The Bertz CT molecular complexity index is 971. The molecule has 0 bridgehead atoms. The van der Waals surface area contributed by atoms with E-state index in [1.54, 1.807) is 61.5 Å². The minimum Gasteiger partial charge on any atom is -0.462 e. The first-order valence-corrected chi connectivity index (χ1v) is 8.97. The molecular weight excluding hydrogens is 362 g/mol. The third kappa shape index (κ3) is 4.63. The van der Waals surface area contributed by atoms with Crippen LogP contribution in [0.3, 0.4) is 0 Å². The number of carbonyl (C=O) groups excluding carboxylic acids is 2. The van der Waals surface area contributed by atoms with Crippen molar-refractivity contribution in [3.8, 4) is 6.07 Å². The fourth-order valence-electron chi connectivity index (χ4n) is 2.29. The molecule has 0 atom stereocenters. The number of ether oxygens (including phenoxy) is 1. The zero-order valence-corrected chi connectivity index (χ0v) is 15.2. The van der Waals surface area contributed by atoms with Crippen molar-refractivity contribution < 1.29 is 14.3 Å². The number of amides is 1. The molecule has 1 aliphatic heterocycles. The number of benzene rings is 2. The van der Waals surface area contributed by atoms with Crippen LogP contribution in [0.15, 0.2) is 58.4 Å². The average molecular weight is 377 g/mol. The van der Waals surface area contributed by atoms with Crippen LogP contribution in [0.2, 0.25) is 0 Å². The van der Waals surface area contributed by atoms with Crippen molar-refractivity contribution in [1.82, 2.24) is 5.32 Å². The molecule has 0 aromatic heterocycles. The van der Waals surface area contributed by atoms with Crippen LogP contribution in [0.1, 0.15) is 28.4 Å². The first kappa shape index (κ1) is 18.4. The third-order valence-corrected chi connectivity index (χ3v) is 4.51. The number of hydrogen-bond acceptors (Lipinski definition) is 6. The monoisotopic (exact) mass is 377 g/mol.